The zero-order chi connectivity index (χ0) is 15.4. The van der Waals surface area contributed by atoms with Crippen molar-refractivity contribution in [2.45, 2.75) is 25.8 Å². The largest absolute Gasteiger partial charge is 0.395 e. The lowest BCUT2D eigenvalue weighted by molar-refractivity contribution is 0.0540. The number of halogens is 1. The van der Waals surface area contributed by atoms with E-state index in [-0.39, 0.29) is 18.6 Å². The van der Waals surface area contributed by atoms with E-state index in [9.17, 15) is 9.90 Å². The summed E-state index contributed by atoms with van der Waals surface area (Å²) < 4.78 is 1.01. The Morgan fingerprint density at radius 1 is 1.43 bits per heavy atom. The number of aliphatic hydroxyl groups excluding tert-OH is 1. The predicted octanol–water partition coefficient (Wildman–Crippen LogP) is 2.29. The molecule has 5 heteroatoms. The first-order valence-corrected chi connectivity index (χ1v) is 8.18. The minimum atomic E-state index is 0.00753. The predicted molar refractivity (Wildman–Crippen MR) is 87.5 cm³/mol. The number of carbonyl (C=O) groups is 1. The summed E-state index contributed by atoms with van der Waals surface area (Å²) in [5.74, 6) is 0.0224. The van der Waals surface area contributed by atoms with Crippen LogP contribution in [0.1, 0.15) is 28.8 Å². The highest BCUT2D eigenvalue weighted by molar-refractivity contribution is 9.10. The Kier molecular flexibility index (Phi) is 5.79. The van der Waals surface area contributed by atoms with Crippen molar-refractivity contribution < 1.29 is 9.90 Å². The summed E-state index contributed by atoms with van der Waals surface area (Å²) in [7, 11) is 2.10. The monoisotopic (exact) mass is 354 g/mol. The standard InChI is InChI=1S/C16H23BrN2O2/c1-12-11-13(3-4-15(12)17)16(21)19(9-10-20)14-5-7-18(2)8-6-14/h3-4,11,14,20H,5-10H2,1-2H3. The van der Waals surface area contributed by atoms with Crippen LogP contribution in [0.3, 0.4) is 0 Å². The van der Waals surface area contributed by atoms with Crippen molar-refractivity contribution >= 4 is 21.8 Å². The number of hydrogen-bond acceptors (Lipinski definition) is 3. The Hall–Kier alpha value is -0.910. The molecule has 1 N–H and O–H groups in total. The first kappa shape index (κ1) is 16.5. The van der Waals surface area contributed by atoms with Crippen LogP contribution >= 0.6 is 15.9 Å². The van der Waals surface area contributed by atoms with E-state index in [1.54, 1.807) is 0 Å². The van der Waals surface area contributed by atoms with Crippen molar-refractivity contribution in [3.8, 4) is 0 Å². The summed E-state index contributed by atoms with van der Waals surface area (Å²) in [6.45, 7) is 4.39. The lowest BCUT2D eigenvalue weighted by Gasteiger charge is -2.37. The molecule has 0 unspecified atom stereocenters. The summed E-state index contributed by atoms with van der Waals surface area (Å²) >= 11 is 3.46. The average Bonchev–Trinajstić information content (AvgIpc) is 2.48. The van der Waals surface area contributed by atoms with Gasteiger partial charge in [0.2, 0.25) is 0 Å². The zero-order valence-corrected chi connectivity index (χ0v) is 14.3. The lowest BCUT2D eigenvalue weighted by Crippen LogP contribution is -2.47. The van der Waals surface area contributed by atoms with Gasteiger partial charge in [-0.25, -0.2) is 0 Å². The number of benzene rings is 1. The first-order valence-electron chi connectivity index (χ1n) is 7.39. The van der Waals surface area contributed by atoms with Crippen molar-refractivity contribution in [3.05, 3.63) is 33.8 Å². The minimum Gasteiger partial charge on any atom is -0.395 e. The lowest BCUT2D eigenvalue weighted by atomic mass is 10.0. The molecule has 2 rings (SSSR count). The highest BCUT2D eigenvalue weighted by Gasteiger charge is 2.27. The van der Waals surface area contributed by atoms with Gasteiger partial charge in [-0.15, -0.1) is 0 Å². The fourth-order valence-electron chi connectivity index (χ4n) is 2.81. The molecular formula is C16H23BrN2O2. The molecule has 0 saturated carbocycles. The second-order valence-electron chi connectivity index (χ2n) is 5.72. The van der Waals surface area contributed by atoms with E-state index in [2.05, 4.69) is 27.9 Å². The van der Waals surface area contributed by atoms with Gasteiger partial charge in [-0.2, -0.15) is 0 Å². The fraction of sp³-hybridized carbons (Fsp3) is 0.562. The van der Waals surface area contributed by atoms with Crippen LogP contribution in [0.25, 0.3) is 0 Å². The van der Waals surface area contributed by atoms with Crippen LogP contribution in [-0.4, -0.2) is 60.1 Å². The van der Waals surface area contributed by atoms with E-state index in [1.165, 1.54) is 0 Å². The Labute approximate surface area is 134 Å². The van der Waals surface area contributed by atoms with Gasteiger partial charge in [-0.05, 0) is 63.7 Å². The Morgan fingerprint density at radius 3 is 2.67 bits per heavy atom. The van der Waals surface area contributed by atoms with E-state index < -0.39 is 0 Å². The maximum Gasteiger partial charge on any atom is 0.254 e. The number of likely N-dealkylation sites (tertiary alicyclic amines) is 1. The van der Waals surface area contributed by atoms with Crippen LogP contribution in [0.2, 0.25) is 0 Å². The third-order valence-corrected chi connectivity index (χ3v) is 5.03. The Balaban J connectivity index is 2.16. The van der Waals surface area contributed by atoms with E-state index in [0.29, 0.717) is 12.1 Å². The number of aliphatic hydroxyl groups is 1. The molecule has 116 valence electrons. The van der Waals surface area contributed by atoms with Crippen LogP contribution in [-0.2, 0) is 0 Å². The van der Waals surface area contributed by atoms with E-state index in [1.807, 2.05) is 30.0 Å². The summed E-state index contributed by atoms with van der Waals surface area (Å²) in [5.41, 5.74) is 1.75. The van der Waals surface area contributed by atoms with Crippen LogP contribution in [0.15, 0.2) is 22.7 Å². The van der Waals surface area contributed by atoms with Gasteiger partial charge in [0.15, 0.2) is 0 Å². The number of carbonyl (C=O) groups excluding carboxylic acids is 1. The number of rotatable bonds is 4. The van der Waals surface area contributed by atoms with Crippen LogP contribution in [0.4, 0.5) is 0 Å². The summed E-state index contributed by atoms with van der Waals surface area (Å²) in [6, 6.07) is 5.89. The van der Waals surface area contributed by atoms with Crippen molar-refractivity contribution in [1.29, 1.82) is 0 Å². The Morgan fingerprint density at radius 2 is 2.10 bits per heavy atom. The van der Waals surface area contributed by atoms with E-state index in [4.69, 9.17) is 0 Å². The van der Waals surface area contributed by atoms with Crippen molar-refractivity contribution in [2.75, 3.05) is 33.3 Å². The van der Waals surface area contributed by atoms with E-state index >= 15 is 0 Å². The molecule has 1 aromatic carbocycles. The molecule has 0 spiro atoms. The molecule has 0 atom stereocenters. The van der Waals surface area contributed by atoms with Gasteiger partial charge in [-0.1, -0.05) is 15.9 Å². The quantitative estimate of drug-likeness (QED) is 0.901. The second-order valence-corrected chi connectivity index (χ2v) is 6.57. The first-order chi connectivity index (χ1) is 10.0. The normalized spacial score (nSPS) is 17.0. The summed E-state index contributed by atoms with van der Waals surface area (Å²) in [4.78, 5) is 16.9. The maximum absolute atomic E-state index is 12.8. The summed E-state index contributed by atoms with van der Waals surface area (Å²) in [6.07, 6.45) is 1.94. The highest BCUT2D eigenvalue weighted by atomic mass is 79.9. The van der Waals surface area contributed by atoms with Gasteiger partial charge < -0.3 is 14.9 Å². The molecule has 1 aromatic rings. The van der Waals surface area contributed by atoms with Crippen LogP contribution in [0.5, 0.6) is 0 Å². The molecule has 1 heterocycles. The third-order valence-electron chi connectivity index (χ3n) is 4.14. The summed E-state index contributed by atoms with van der Waals surface area (Å²) in [5, 5.41) is 9.30. The molecular weight excluding hydrogens is 332 g/mol. The molecule has 0 radical (unpaired) electrons. The smallest absolute Gasteiger partial charge is 0.254 e. The fourth-order valence-corrected chi connectivity index (χ4v) is 3.05. The molecule has 1 fully saturated rings. The van der Waals surface area contributed by atoms with Gasteiger partial charge in [0, 0.05) is 22.6 Å². The average molecular weight is 355 g/mol. The van der Waals surface area contributed by atoms with Crippen molar-refractivity contribution in [1.82, 2.24) is 9.80 Å². The van der Waals surface area contributed by atoms with Gasteiger partial charge in [0.1, 0.15) is 0 Å². The minimum absolute atomic E-state index is 0.00753. The molecule has 4 nitrogen and oxygen atoms in total. The van der Waals surface area contributed by atoms with Gasteiger partial charge in [0.25, 0.3) is 5.91 Å². The molecule has 0 aliphatic carbocycles. The molecule has 1 saturated heterocycles. The molecule has 1 aliphatic rings. The van der Waals surface area contributed by atoms with Gasteiger partial charge in [0.05, 0.1) is 6.61 Å². The maximum atomic E-state index is 12.8. The second kappa shape index (κ2) is 7.38. The van der Waals surface area contributed by atoms with Crippen molar-refractivity contribution in [3.63, 3.8) is 0 Å². The SMILES string of the molecule is Cc1cc(C(=O)N(CCO)C2CCN(C)CC2)ccc1Br. The number of aryl methyl sites for hydroxylation is 1. The molecule has 0 bridgehead atoms. The van der Waals surface area contributed by atoms with Crippen molar-refractivity contribution in [2.24, 2.45) is 0 Å². The zero-order valence-electron chi connectivity index (χ0n) is 12.7. The van der Waals surface area contributed by atoms with Crippen LogP contribution in [0, 0.1) is 6.92 Å². The number of nitrogens with zero attached hydrogens (tertiary/aromatic N) is 2. The third kappa shape index (κ3) is 4.05. The number of hydrogen-bond donors (Lipinski definition) is 1. The van der Waals surface area contributed by atoms with Gasteiger partial charge >= 0.3 is 0 Å². The molecule has 21 heavy (non-hydrogen) atoms. The number of amides is 1. The molecule has 1 amide bonds. The molecule has 1 aliphatic heterocycles. The number of piperidine rings is 1. The molecule has 0 aromatic heterocycles. The van der Waals surface area contributed by atoms with E-state index in [0.717, 1.165) is 36.0 Å². The van der Waals surface area contributed by atoms with Gasteiger partial charge in [-0.3, -0.25) is 4.79 Å². The Bertz CT molecular complexity index is 499. The topological polar surface area (TPSA) is 43.8 Å². The van der Waals surface area contributed by atoms with Crippen LogP contribution < -0.4 is 0 Å². The highest BCUT2D eigenvalue weighted by Crippen LogP contribution is 2.21.